The topological polar surface area (TPSA) is 97.2 Å². The molecule has 0 bridgehead atoms. The number of methoxy groups -OCH3 is 1. The lowest BCUT2D eigenvalue weighted by molar-refractivity contribution is 0.0234. The molecule has 0 spiro atoms. The summed E-state index contributed by atoms with van der Waals surface area (Å²) in [7, 11) is 1.56. The van der Waals surface area contributed by atoms with Crippen molar-refractivity contribution >= 4 is 16.9 Å². The molecule has 0 radical (unpaired) electrons. The van der Waals surface area contributed by atoms with E-state index < -0.39 is 0 Å². The van der Waals surface area contributed by atoms with Crippen LogP contribution in [-0.4, -0.2) is 39.2 Å². The predicted octanol–water partition coefficient (Wildman–Crippen LogP) is 2.28. The van der Waals surface area contributed by atoms with Gasteiger partial charge in [0, 0.05) is 12.3 Å². The Hall–Kier alpha value is -3.06. The highest BCUT2D eigenvalue weighted by Crippen LogP contribution is 2.38. The van der Waals surface area contributed by atoms with E-state index >= 15 is 0 Å². The van der Waals surface area contributed by atoms with Crippen LogP contribution < -0.4 is 10.1 Å². The Morgan fingerprint density at radius 3 is 2.59 bits per heavy atom. The monoisotopic (exact) mass is 364 g/mol. The lowest BCUT2D eigenvalue weighted by atomic mass is 9.75. The molecule has 1 unspecified atom stereocenters. The number of carbonyl (C=O) groups is 1. The molecule has 3 aromatic rings. The Balaban J connectivity index is 1.58. The molecule has 2 heterocycles. The van der Waals surface area contributed by atoms with E-state index in [1.807, 2.05) is 30.3 Å². The number of aromatic nitrogens is 3. The van der Waals surface area contributed by atoms with Crippen molar-refractivity contribution in [2.24, 2.45) is 5.92 Å². The van der Waals surface area contributed by atoms with Gasteiger partial charge in [-0.1, -0.05) is 18.2 Å². The van der Waals surface area contributed by atoms with Gasteiger partial charge in [0.1, 0.15) is 5.69 Å². The molecule has 1 aliphatic rings. The van der Waals surface area contributed by atoms with E-state index in [0.717, 1.165) is 11.1 Å². The molecule has 1 amide bonds. The Kier molecular flexibility index (Phi) is 4.68. The zero-order valence-corrected chi connectivity index (χ0v) is 14.9. The maximum absolute atomic E-state index is 12.8. The van der Waals surface area contributed by atoms with Gasteiger partial charge in [0.25, 0.3) is 5.91 Å². The molecule has 0 saturated heterocycles. The summed E-state index contributed by atoms with van der Waals surface area (Å²) in [5.41, 5.74) is 2.55. The Morgan fingerprint density at radius 1 is 1.15 bits per heavy atom. The van der Waals surface area contributed by atoms with E-state index in [0.29, 0.717) is 24.2 Å². The second kappa shape index (κ2) is 7.28. The molecule has 1 saturated carbocycles. The fourth-order valence-corrected chi connectivity index (χ4v) is 3.35. The van der Waals surface area contributed by atoms with E-state index in [4.69, 9.17) is 4.74 Å². The number of nitrogens with zero attached hydrogens (tertiary/aromatic N) is 3. The van der Waals surface area contributed by atoms with Crippen molar-refractivity contribution in [3.63, 3.8) is 0 Å². The molecule has 1 fully saturated rings. The Labute approximate surface area is 156 Å². The van der Waals surface area contributed by atoms with Gasteiger partial charge in [-0.05, 0) is 36.5 Å². The van der Waals surface area contributed by atoms with Crippen molar-refractivity contribution in [1.29, 1.82) is 0 Å². The number of amides is 1. The van der Waals surface area contributed by atoms with Gasteiger partial charge in [-0.3, -0.25) is 9.78 Å². The van der Waals surface area contributed by atoms with Crippen LogP contribution in [0.25, 0.3) is 11.0 Å². The van der Waals surface area contributed by atoms with E-state index in [-0.39, 0.29) is 29.7 Å². The van der Waals surface area contributed by atoms with Gasteiger partial charge in [-0.2, -0.15) is 0 Å². The largest absolute Gasteiger partial charge is 0.481 e. The van der Waals surface area contributed by atoms with Crippen LogP contribution in [0.5, 0.6) is 5.88 Å². The summed E-state index contributed by atoms with van der Waals surface area (Å²) in [6.45, 7) is 0. The number of hydrogen-bond donors (Lipinski definition) is 2. The van der Waals surface area contributed by atoms with E-state index in [1.165, 1.54) is 6.20 Å². The van der Waals surface area contributed by atoms with E-state index in [2.05, 4.69) is 20.3 Å². The summed E-state index contributed by atoms with van der Waals surface area (Å²) in [4.78, 5) is 25.7. The number of aliphatic hydroxyl groups excluding tert-OH is 1. The first-order valence-corrected chi connectivity index (χ1v) is 8.84. The van der Waals surface area contributed by atoms with Gasteiger partial charge in [0.05, 0.1) is 36.5 Å². The van der Waals surface area contributed by atoms with Gasteiger partial charge in [0.2, 0.25) is 5.88 Å². The Morgan fingerprint density at radius 2 is 1.93 bits per heavy atom. The lowest BCUT2D eigenvalue weighted by Crippen LogP contribution is -2.41. The van der Waals surface area contributed by atoms with Crippen molar-refractivity contribution < 1.29 is 14.6 Å². The maximum Gasteiger partial charge on any atom is 0.272 e. The van der Waals surface area contributed by atoms with Gasteiger partial charge in [-0.25, -0.2) is 9.97 Å². The zero-order chi connectivity index (χ0) is 18.8. The minimum Gasteiger partial charge on any atom is -0.481 e. The molecule has 1 atom stereocenters. The Bertz CT molecular complexity index is 955. The second-order valence-corrected chi connectivity index (χ2v) is 6.71. The molecular formula is C20H20N4O3. The first kappa shape index (κ1) is 17.4. The molecule has 138 valence electrons. The third-order valence-corrected chi connectivity index (χ3v) is 4.92. The number of carbonyl (C=O) groups excluding carboxylic acids is 1. The van der Waals surface area contributed by atoms with Crippen molar-refractivity contribution in [3.8, 4) is 5.88 Å². The van der Waals surface area contributed by atoms with Crippen molar-refractivity contribution in [2.45, 2.75) is 25.0 Å². The van der Waals surface area contributed by atoms with Gasteiger partial charge in [0.15, 0.2) is 0 Å². The molecule has 1 aromatic carbocycles. The summed E-state index contributed by atoms with van der Waals surface area (Å²) in [6, 6.07) is 10.8. The van der Waals surface area contributed by atoms with Crippen LogP contribution in [0.15, 0.2) is 48.8 Å². The normalized spacial score (nSPS) is 19.9. The SMILES string of the molecule is COc1ccc(C(NC(=O)c2cnc3ccccc3n2)C2CC(O)C2)cn1. The number of benzene rings is 1. The average Bonchev–Trinajstić information content (AvgIpc) is 2.69. The minimum atomic E-state index is -0.318. The molecule has 2 N–H and O–H groups in total. The third-order valence-electron chi connectivity index (χ3n) is 4.92. The number of nitrogens with one attached hydrogen (secondary N) is 1. The van der Waals surface area contributed by atoms with Crippen LogP contribution >= 0.6 is 0 Å². The highest BCUT2D eigenvalue weighted by Gasteiger charge is 2.36. The number of aliphatic hydroxyl groups is 1. The molecule has 4 rings (SSSR count). The highest BCUT2D eigenvalue weighted by atomic mass is 16.5. The smallest absolute Gasteiger partial charge is 0.272 e. The molecule has 27 heavy (non-hydrogen) atoms. The van der Waals surface area contributed by atoms with Crippen molar-refractivity contribution in [2.75, 3.05) is 7.11 Å². The number of pyridine rings is 1. The van der Waals surface area contributed by atoms with Gasteiger partial charge >= 0.3 is 0 Å². The minimum absolute atomic E-state index is 0.146. The fourth-order valence-electron chi connectivity index (χ4n) is 3.35. The molecule has 7 nitrogen and oxygen atoms in total. The first-order valence-electron chi connectivity index (χ1n) is 8.84. The molecule has 0 aliphatic heterocycles. The summed E-state index contributed by atoms with van der Waals surface area (Å²) >= 11 is 0. The van der Waals surface area contributed by atoms with Crippen LogP contribution in [0.1, 0.15) is 34.9 Å². The summed E-state index contributed by atoms with van der Waals surface area (Å²) in [5, 5.41) is 12.7. The van der Waals surface area contributed by atoms with Crippen LogP contribution in [0.4, 0.5) is 0 Å². The summed E-state index contributed by atoms with van der Waals surface area (Å²) in [5.74, 6) is 0.362. The quantitative estimate of drug-likeness (QED) is 0.721. The van der Waals surface area contributed by atoms with Gasteiger partial charge in [-0.15, -0.1) is 0 Å². The van der Waals surface area contributed by atoms with Crippen LogP contribution in [0, 0.1) is 5.92 Å². The zero-order valence-electron chi connectivity index (χ0n) is 14.9. The number of ether oxygens (including phenoxy) is 1. The van der Waals surface area contributed by atoms with Gasteiger partial charge < -0.3 is 15.2 Å². The standard InChI is InChI=1S/C20H20N4O3/c1-27-18-7-6-12(10-22-18)19(13-8-14(25)9-13)24-20(26)17-11-21-15-4-2-3-5-16(15)23-17/h2-7,10-11,13-14,19,25H,8-9H2,1H3,(H,24,26). The number of rotatable bonds is 5. The first-order chi connectivity index (χ1) is 13.1. The average molecular weight is 364 g/mol. The maximum atomic E-state index is 12.8. The van der Waals surface area contributed by atoms with E-state index in [9.17, 15) is 9.90 Å². The van der Waals surface area contributed by atoms with Crippen LogP contribution in [0.2, 0.25) is 0 Å². The predicted molar refractivity (Wildman–Crippen MR) is 99.3 cm³/mol. The lowest BCUT2D eigenvalue weighted by Gasteiger charge is -2.38. The number of para-hydroxylation sites is 2. The second-order valence-electron chi connectivity index (χ2n) is 6.71. The summed E-state index contributed by atoms with van der Waals surface area (Å²) in [6.07, 6.45) is 4.14. The summed E-state index contributed by atoms with van der Waals surface area (Å²) < 4.78 is 5.10. The fraction of sp³-hybridized carbons (Fsp3) is 0.300. The van der Waals surface area contributed by atoms with Crippen molar-refractivity contribution in [3.05, 3.63) is 60.0 Å². The third kappa shape index (κ3) is 3.59. The number of fused-ring (bicyclic) bond motifs is 1. The molecular weight excluding hydrogens is 344 g/mol. The van der Waals surface area contributed by atoms with Crippen molar-refractivity contribution in [1.82, 2.24) is 20.3 Å². The molecule has 2 aromatic heterocycles. The van der Waals surface area contributed by atoms with Crippen LogP contribution in [0.3, 0.4) is 0 Å². The van der Waals surface area contributed by atoms with Crippen LogP contribution in [-0.2, 0) is 0 Å². The molecule has 1 aliphatic carbocycles. The molecule has 7 heteroatoms. The highest BCUT2D eigenvalue weighted by molar-refractivity contribution is 5.94. The van der Waals surface area contributed by atoms with E-state index in [1.54, 1.807) is 19.4 Å². The number of hydrogen-bond acceptors (Lipinski definition) is 6.